The standard InChI is InChI=1S/C31H40O8.C3H7N2O2P/c1-34-29(39-25-24-38-23-22-37-21-20-36-19-18-32)31(33,35-2)30(26-12-6-3-7-13-26,27-14-8-4-9-15-27)28-16-10-5-11-17-28;4-2-1-3-5-8(6)7/h3-17,29,32-33H,18-25H2,1-2H3;5-7H,1,3H2. The van der Waals surface area contributed by atoms with E-state index in [-0.39, 0.29) is 19.8 Å². The van der Waals surface area contributed by atoms with E-state index in [1.54, 1.807) is 0 Å². The predicted octanol–water partition coefficient (Wildman–Crippen LogP) is 3.09. The quantitative estimate of drug-likeness (QED) is 0.0457. The van der Waals surface area contributed by atoms with E-state index in [2.05, 4.69) is 5.09 Å². The highest BCUT2D eigenvalue weighted by Crippen LogP contribution is 2.50. The summed E-state index contributed by atoms with van der Waals surface area (Å²) in [6, 6.07) is 31.1. The van der Waals surface area contributed by atoms with Crippen molar-refractivity contribution in [3.8, 4) is 6.07 Å². The smallest absolute Gasteiger partial charge is 0.250 e. The molecule has 0 saturated heterocycles. The molecule has 0 radical (unpaired) electrons. The zero-order chi connectivity index (χ0) is 34.2. The van der Waals surface area contributed by atoms with E-state index in [1.807, 2.05) is 97.1 Å². The van der Waals surface area contributed by atoms with Crippen LogP contribution in [0.15, 0.2) is 91.0 Å². The van der Waals surface area contributed by atoms with Crippen molar-refractivity contribution >= 4 is 8.53 Å². The van der Waals surface area contributed by atoms with Gasteiger partial charge in [-0.25, -0.2) is 5.09 Å². The van der Waals surface area contributed by atoms with E-state index in [4.69, 9.17) is 48.6 Å². The molecule has 3 aromatic carbocycles. The molecule has 0 aromatic heterocycles. The van der Waals surface area contributed by atoms with Gasteiger partial charge in [-0.1, -0.05) is 91.0 Å². The lowest BCUT2D eigenvalue weighted by molar-refractivity contribution is -0.341. The number of aliphatic hydroxyl groups excluding tert-OH is 1. The van der Waals surface area contributed by atoms with Crippen LogP contribution in [0.25, 0.3) is 0 Å². The average Bonchev–Trinajstić information content (AvgIpc) is 3.11. The third kappa shape index (κ3) is 12.3. The molecule has 0 aliphatic heterocycles. The summed E-state index contributed by atoms with van der Waals surface area (Å²) < 4.78 is 34.0. The Labute approximate surface area is 278 Å². The fourth-order valence-electron chi connectivity index (χ4n) is 4.98. The Morgan fingerprint density at radius 1 is 0.723 bits per heavy atom. The summed E-state index contributed by atoms with van der Waals surface area (Å²) in [5.74, 6) is -1.98. The second-order valence-electron chi connectivity index (χ2n) is 9.85. The van der Waals surface area contributed by atoms with Crippen molar-refractivity contribution in [3.63, 3.8) is 0 Å². The molecule has 13 heteroatoms. The molecule has 5 N–H and O–H groups in total. The Bertz CT molecular complexity index is 1140. The van der Waals surface area contributed by atoms with Crippen molar-refractivity contribution in [2.75, 3.05) is 73.6 Å². The summed E-state index contributed by atoms with van der Waals surface area (Å²) in [5, 5.41) is 31.5. The third-order valence-corrected chi connectivity index (χ3v) is 7.48. The second-order valence-corrected chi connectivity index (χ2v) is 10.7. The topological polar surface area (TPSA) is 172 Å². The normalized spacial score (nSPS) is 13.3. The molecule has 0 heterocycles. The summed E-state index contributed by atoms with van der Waals surface area (Å²) >= 11 is 0. The summed E-state index contributed by atoms with van der Waals surface area (Å²) in [4.78, 5) is 16.4. The minimum Gasteiger partial charge on any atom is -0.394 e. The maximum Gasteiger partial charge on any atom is 0.250 e. The number of nitriles is 1. The van der Waals surface area contributed by atoms with E-state index >= 15 is 0 Å². The average molecular weight is 675 g/mol. The monoisotopic (exact) mass is 674 g/mol. The number of nitrogens with zero attached hydrogens (tertiary/aromatic N) is 1. The molecule has 2 unspecified atom stereocenters. The van der Waals surface area contributed by atoms with Crippen molar-refractivity contribution < 1.29 is 48.4 Å². The minimum atomic E-state index is -2.01. The van der Waals surface area contributed by atoms with Gasteiger partial charge in [0.1, 0.15) is 5.41 Å². The first kappa shape index (κ1) is 40.3. The molecule has 258 valence electrons. The van der Waals surface area contributed by atoms with Crippen LogP contribution in [-0.2, 0) is 33.8 Å². The summed E-state index contributed by atoms with van der Waals surface area (Å²) in [5.41, 5.74) is 1.23. The Balaban J connectivity index is 0.000000849. The van der Waals surface area contributed by atoms with Gasteiger partial charge in [-0.3, -0.25) is 0 Å². The van der Waals surface area contributed by atoms with Crippen LogP contribution in [0.2, 0.25) is 0 Å². The molecule has 2 atom stereocenters. The van der Waals surface area contributed by atoms with Crippen LogP contribution in [0.1, 0.15) is 23.1 Å². The van der Waals surface area contributed by atoms with Gasteiger partial charge in [-0.15, -0.1) is 0 Å². The lowest BCUT2D eigenvalue weighted by Gasteiger charge is -2.49. The van der Waals surface area contributed by atoms with Crippen molar-refractivity contribution in [2.45, 2.75) is 23.9 Å². The number of nitrogens with one attached hydrogen (secondary N) is 1. The minimum absolute atomic E-state index is 0.00700. The van der Waals surface area contributed by atoms with Crippen molar-refractivity contribution in [1.82, 2.24) is 5.09 Å². The molecule has 12 nitrogen and oxygen atoms in total. The molecular formula is C34H47N2O10P. The van der Waals surface area contributed by atoms with E-state index in [0.717, 1.165) is 16.7 Å². The fraction of sp³-hybridized carbons (Fsp3) is 0.441. The number of hydrogen-bond donors (Lipinski definition) is 5. The molecule has 0 bridgehead atoms. The first-order valence-corrected chi connectivity index (χ1v) is 16.4. The zero-order valence-corrected chi connectivity index (χ0v) is 27.8. The van der Waals surface area contributed by atoms with Crippen LogP contribution in [0.4, 0.5) is 0 Å². The number of rotatable bonds is 22. The van der Waals surface area contributed by atoms with Crippen LogP contribution in [-0.4, -0.2) is 106 Å². The second kappa shape index (κ2) is 23.5. The van der Waals surface area contributed by atoms with Gasteiger partial charge in [0.25, 0.3) is 0 Å². The molecule has 0 amide bonds. The van der Waals surface area contributed by atoms with Crippen molar-refractivity contribution in [3.05, 3.63) is 108 Å². The first-order chi connectivity index (χ1) is 22.9. The zero-order valence-electron chi connectivity index (χ0n) is 26.9. The van der Waals surface area contributed by atoms with Crippen LogP contribution >= 0.6 is 8.53 Å². The third-order valence-electron chi connectivity index (χ3n) is 6.97. The predicted molar refractivity (Wildman–Crippen MR) is 177 cm³/mol. The Morgan fingerprint density at radius 3 is 1.51 bits per heavy atom. The summed E-state index contributed by atoms with van der Waals surface area (Å²) in [6.07, 6.45) is -0.869. The molecule has 0 aliphatic carbocycles. The lowest BCUT2D eigenvalue weighted by Crippen LogP contribution is -2.63. The largest absolute Gasteiger partial charge is 0.394 e. The number of ether oxygens (including phenoxy) is 6. The lowest BCUT2D eigenvalue weighted by atomic mass is 9.63. The van der Waals surface area contributed by atoms with Gasteiger partial charge < -0.3 is 48.4 Å². The first-order valence-electron chi connectivity index (χ1n) is 15.1. The van der Waals surface area contributed by atoms with Crippen molar-refractivity contribution in [2.24, 2.45) is 0 Å². The Morgan fingerprint density at radius 2 is 1.15 bits per heavy atom. The number of benzene rings is 3. The molecule has 0 fully saturated rings. The van der Waals surface area contributed by atoms with E-state index in [9.17, 15) is 5.11 Å². The van der Waals surface area contributed by atoms with Crippen LogP contribution in [0, 0.1) is 11.3 Å². The SMILES string of the molecule is COC(OCCOCCOCCOCCO)C(O)(OC)C(c1ccccc1)(c1ccccc1)c1ccccc1.N#CCCNP(O)O. The number of hydrogen-bond acceptors (Lipinski definition) is 12. The highest BCUT2D eigenvalue weighted by Gasteiger charge is 2.60. The van der Waals surface area contributed by atoms with E-state index in [1.165, 1.54) is 14.2 Å². The number of aliphatic hydroxyl groups is 2. The Hall–Kier alpha value is -2.86. The number of methoxy groups -OCH3 is 2. The van der Waals surface area contributed by atoms with Gasteiger partial charge in [0.15, 0.2) is 0 Å². The van der Waals surface area contributed by atoms with Crippen LogP contribution < -0.4 is 5.09 Å². The van der Waals surface area contributed by atoms with Gasteiger partial charge in [0, 0.05) is 27.2 Å². The summed E-state index contributed by atoms with van der Waals surface area (Å²) in [7, 11) is 0.922. The highest BCUT2D eigenvalue weighted by molar-refractivity contribution is 7.42. The van der Waals surface area contributed by atoms with E-state index < -0.39 is 26.0 Å². The van der Waals surface area contributed by atoms with Gasteiger partial charge >= 0.3 is 0 Å². The van der Waals surface area contributed by atoms with Gasteiger partial charge in [0.05, 0.1) is 58.9 Å². The molecule has 47 heavy (non-hydrogen) atoms. The molecular weight excluding hydrogens is 627 g/mol. The fourth-order valence-corrected chi connectivity index (χ4v) is 5.30. The molecule has 0 aliphatic rings. The van der Waals surface area contributed by atoms with Gasteiger partial charge in [-0.05, 0) is 16.7 Å². The van der Waals surface area contributed by atoms with Crippen LogP contribution in [0.3, 0.4) is 0 Å². The maximum absolute atomic E-state index is 12.6. The molecule has 3 rings (SSSR count). The summed E-state index contributed by atoms with van der Waals surface area (Å²) in [6.45, 7) is 2.66. The van der Waals surface area contributed by atoms with Gasteiger partial charge in [-0.2, -0.15) is 5.26 Å². The maximum atomic E-state index is 12.6. The molecule has 3 aromatic rings. The Kier molecular flexibility index (Phi) is 20.1. The molecule has 0 saturated carbocycles. The van der Waals surface area contributed by atoms with Crippen LogP contribution in [0.5, 0.6) is 0 Å². The van der Waals surface area contributed by atoms with Crippen molar-refractivity contribution in [1.29, 1.82) is 5.26 Å². The molecule has 0 spiro atoms. The van der Waals surface area contributed by atoms with E-state index in [0.29, 0.717) is 46.0 Å². The highest BCUT2D eigenvalue weighted by atomic mass is 31.2. The van der Waals surface area contributed by atoms with Gasteiger partial charge in [0.2, 0.25) is 20.6 Å².